The van der Waals surface area contributed by atoms with Gasteiger partial charge in [0.05, 0.1) is 12.2 Å². The molecule has 1 heterocycles. The number of rotatable bonds is 7. The molecule has 1 saturated heterocycles. The van der Waals surface area contributed by atoms with Gasteiger partial charge in [-0.15, -0.1) is 0 Å². The van der Waals surface area contributed by atoms with Crippen LogP contribution in [0.1, 0.15) is 52.6 Å². The van der Waals surface area contributed by atoms with Crippen molar-refractivity contribution in [3.63, 3.8) is 0 Å². The minimum absolute atomic E-state index is 0.254. The van der Waals surface area contributed by atoms with Gasteiger partial charge in [-0.2, -0.15) is 13.2 Å². The van der Waals surface area contributed by atoms with Crippen LogP contribution in [-0.4, -0.2) is 31.2 Å². The van der Waals surface area contributed by atoms with Crippen LogP contribution in [0.25, 0.3) is 11.1 Å². The van der Waals surface area contributed by atoms with Crippen LogP contribution in [-0.2, 0) is 19.0 Å². The molecule has 0 radical (unpaired) electrons. The molecule has 3 aromatic carbocycles. The maximum absolute atomic E-state index is 13.2. The highest BCUT2D eigenvalue weighted by Crippen LogP contribution is 2.40. The summed E-state index contributed by atoms with van der Waals surface area (Å²) < 4.78 is 51.9. The molecule has 3 aromatic rings. The predicted molar refractivity (Wildman–Crippen MR) is 137 cm³/mol. The summed E-state index contributed by atoms with van der Waals surface area (Å²) in [6.07, 6.45) is -0.00859. The van der Waals surface area contributed by atoms with Crippen LogP contribution in [0.3, 0.4) is 0 Å². The molecule has 0 amide bonds. The van der Waals surface area contributed by atoms with Gasteiger partial charge in [-0.1, -0.05) is 60.7 Å². The average Bonchev–Trinajstić information content (AvgIpc) is 3.05. The first-order valence-electron chi connectivity index (χ1n) is 12.8. The van der Waals surface area contributed by atoms with Gasteiger partial charge in [0.1, 0.15) is 0 Å². The van der Waals surface area contributed by atoms with Crippen LogP contribution in [0.5, 0.6) is 0 Å². The number of benzene rings is 3. The van der Waals surface area contributed by atoms with Crippen LogP contribution >= 0.6 is 0 Å². The van der Waals surface area contributed by atoms with Crippen molar-refractivity contribution >= 4 is 11.1 Å². The van der Waals surface area contributed by atoms with Gasteiger partial charge in [0.25, 0.3) is 0 Å². The van der Waals surface area contributed by atoms with E-state index in [4.69, 9.17) is 0 Å². The summed E-state index contributed by atoms with van der Waals surface area (Å²) in [5.74, 6) is 0.607. The molecular weight excluding hydrogens is 462 g/mol. The number of allylic oxidation sites excluding steroid dienone is 1. The maximum Gasteiger partial charge on any atom is 0.416 e. The Morgan fingerprint density at radius 2 is 1.50 bits per heavy atom. The van der Waals surface area contributed by atoms with E-state index in [0.717, 1.165) is 67.6 Å². The fourth-order valence-electron chi connectivity index (χ4n) is 5.62. The molecule has 188 valence electrons. The lowest BCUT2D eigenvalue weighted by molar-refractivity contribution is -0.137. The zero-order valence-electron chi connectivity index (χ0n) is 20.3. The highest BCUT2D eigenvalue weighted by molar-refractivity contribution is 5.99. The third-order valence-electron chi connectivity index (χ3n) is 7.43. The van der Waals surface area contributed by atoms with Gasteiger partial charge in [0.15, 0.2) is 0 Å². The third-order valence-corrected chi connectivity index (χ3v) is 7.43. The number of aryl methyl sites for hydroxylation is 1. The Morgan fingerprint density at radius 1 is 0.806 bits per heavy atom. The van der Waals surface area contributed by atoms with E-state index in [1.165, 1.54) is 28.8 Å². The molecule has 0 N–H and O–H groups in total. The van der Waals surface area contributed by atoms with Gasteiger partial charge < -0.3 is 4.90 Å². The lowest BCUT2D eigenvalue weighted by Gasteiger charge is -2.39. The number of likely N-dealkylation sites (tertiary alicyclic amines) is 1. The van der Waals surface area contributed by atoms with Crippen LogP contribution < -0.4 is 0 Å². The van der Waals surface area contributed by atoms with E-state index in [2.05, 4.69) is 47.4 Å². The number of nitrogens with zero attached hydrogens (tertiary/aromatic N) is 1. The molecule has 1 fully saturated rings. The van der Waals surface area contributed by atoms with Crippen molar-refractivity contribution in [2.24, 2.45) is 5.92 Å². The Hall–Kier alpha value is -2.92. The second-order valence-electron chi connectivity index (χ2n) is 10.0. The zero-order chi connectivity index (χ0) is 25.1. The number of hydrogen-bond donors (Lipinski definition) is 0. The Morgan fingerprint density at radius 3 is 2.19 bits per heavy atom. The molecule has 0 atom stereocenters. The third kappa shape index (κ3) is 5.41. The first-order valence-corrected chi connectivity index (χ1v) is 12.8. The molecular formula is C31H31F4N. The minimum atomic E-state index is -4.34. The number of fused-ring (bicyclic) bond motifs is 1. The summed E-state index contributed by atoms with van der Waals surface area (Å²) in [5, 5.41) is 0. The van der Waals surface area contributed by atoms with Crippen molar-refractivity contribution in [1.82, 2.24) is 4.90 Å². The lowest BCUT2D eigenvalue weighted by Crippen LogP contribution is -2.47. The SMILES string of the molecule is FCCCN1CC(Cc2ccc(C3=C(c4ccc(C(F)(F)F)cc4)CCCc4ccccc43)cc2)C1. The minimum Gasteiger partial charge on any atom is -0.303 e. The predicted octanol–water partition coefficient (Wildman–Crippen LogP) is 7.83. The fraction of sp³-hybridized carbons (Fsp3) is 0.355. The van der Waals surface area contributed by atoms with Crippen LogP contribution in [0.4, 0.5) is 17.6 Å². The number of alkyl halides is 4. The molecule has 1 aliphatic heterocycles. The molecule has 36 heavy (non-hydrogen) atoms. The summed E-state index contributed by atoms with van der Waals surface area (Å²) in [7, 11) is 0. The molecule has 0 bridgehead atoms. The van der Waals surface area contributed by atoms with Crippen LogP contribution in [0.15, 0.2) is 72.8 Å². The van der Waals surface area contributed by atoms with E-state index in [0.29, 0.717) is 12.3 Å². The van der Waals surface area contributed by atoms with Crippen LogP contribution in [0.2, 0.25) is 0 Å². The Kier molecular flexibility index (Phi) is 7.29. The van der Waals surface area contributed by atoms with Gasteiger partial charge in [-0.3, -0.25) is 4.39 Å². The topological polar surface area (TPSA) is 3.24 Å². The van der Waals surface area contributed by atoms with Gasteiger partial charge >= 0.3 is 6.18 Å². The van der Waals surface area contributed by atoms with Crippen molar-refractivity contribution in [2.75, 3.05) is 26.3 Å². The fourth-order valence-corrected chi connectivity index (χ4v) is 5.62. The second kappa shape index (κ2) is 10.6. The van der Waals surface area contributed by atoms with E-state index in [-0.39, 0.29) is 6.67 Å². The van der Waals surface area contributed by atoms with Crippen molar-refractivity contribution < 1.29 is 17.6 Å². The van der Waals surface area contributed by atoms with E-state index in [9.17, 15) is 17.6 Å². The largest absolute Gasteiger partial charge is 0.416 e. The summed E-state index contributed by atoms with van der Waals surface area (Å²) in [5.41, 5.74) is 7.28. The first-order chi connectivity index (χ1) is 17.4. The molecule has 5 rings (SSSR count). The molecule has 5 heteroatoms. The Balaban J connectivity index is 1.45. The van der Waals surface area contributed by atoms with Crippen molar-refractivity contribution in [1.29, 1.82) is 0 Å². The number of hydrogen-bond acceptors (Lipinski definition) is 1. The molecule has 0 spiro atoms. The molecule has 1 aliphatic carbocycles. The molecule has 1 nitrogen and oxygen atoms in total. The standard InChI is InChI=1S/C31H31F4N/c32-17-4-18-36-20-23(21-36)19-22-9-11-26(12-10-22)30-28-7-2-1-5-24(28)6-3-8-29(30)25-13-15-27(16-14-25)31(33,34)35/h1-2,5,7,9-16,23H,3-4,6,8,17-21H2. The quantitative estimate of drug-likeness (QED) is 0.303. The van der Waals surface area contributed by atoms with Crippen molar-refractivity contribution in [2.45, 2.75) is 38.3 Å². The highest BCUT2D eigenvalue weighted by atomic mass is 19.4. The van der Waals surface area contributed by atoms with Crippen molar-refractivity contribution in [3.8, 4) is 0 Å². The summed E-state index contributed by atoms with van der Waals surface area (Å²) in [6, 6.07) is 22.7. The first kappa shape index (κ1) is 24.8. The number of halogens is 4. The summed E-state index contributed by atoms with van der Waals surface area (Å²) >= 11 is 0. The van der Waals surface area contributed by atoms with E-state index in [1.54, 1.807) is 12.1 Å². The molecule has 0 saturated carbocycles. The van der Waals surface area contributed by atoms with E-state index in [1.807, 2.05) is 6.07 Å². The van der Waals surface area contributed by atoms with Gasteiger partial charge in [-0.05, 0) is 89.1 Å². The average molecular weight is 494 g/mol. The van der Waals surface area contributed by atoms with Gasteiger partial charge in [0.2, 0.25) is 0 Å². The monoisotopic (exact) mass is 493 g/mol. The Labute approximate surface area is 210 Å². The second-order valence-corrected chi connectivity index (χ2v) is 10.0. The zero-order valence-corrected chi connectivity index (χ0v) is 20.3. The van der Waals surface area contributed by atoms with Gasteiger partial charge in [0, 0.05) is 19.6 Å². The van der Waals surface area contributed by atoms with Crippen molar-refractivity contribution in [3.05, 3.63) is 106 Å². The van der Waals surface area contributed by atoms with Gasteiger partial charge in [-0.25, -0.2) is 0 Å². The molecule has 2 aliphatic rings. The smallest absolute Gasteiger partial charge is 0.303 e. The lowest BCUT2D eigenvalue weighted by atomic mass is 9.86. The van der Waals surface area contributed by atoms with E-state index >= 15 is 0 Å². The molecule has 0 unspecified atom stereocenters. The Bertz CT molecular complexity index is 1200. The maximum atomic E-state index is 13.2. The summed E-state index contributed by atoms with van der Waals surface area (Å²) in [6.45, 7) is 2.64. The highest BCUT2D eigenvalue weighted by Gasteiger charge is 2.30. The van der Waals surface area contributed by atoms with Crippen LogP contribution in [0, 0.1) is 5.92 Å². The summed E-state index contributed by atoms with van der Waals surface area (Å²) in [4.78, 5) is 2.31. The normalized spacial score (nSPS) is 17.0. The van der Waals surface area contributed by atoms with E-state index < -0.39 is 11.7 Å². The molecule has 0 aromatic heterocycles.